The third kappa shape index (κ3) is 3.48. The zero-order valence-corrected chi connectivity index (χ0v) is 12.4. The fourth-order valence-corrected chi connectivity index (χ4v) is 2.80. The molecule has 1 N–H and O–H groups in total. The van der Waals surface area contributed by atoms with Crippen molar-refractivity contribution in [1.82, 2.24) is 10.2 Å². The summed E-state index contributed by atoms with van der Waals surface area (Å²) in [5.41, 5.74) is 0.793. The Morgan fingerprint density at radius 3 is 2.57 bits per heavy atom. The summed E-state index contributed by atoms with van der Waals surface area (Å²) >= 11 is 0.303. The van der Waals surface area contributed by atoms with Crippen molar-refractivity contribution in [3.63, 3.8) is 0 Å². The fraction of sp³-hybridized carbons (Fsp3) is 0.133. The summed E-state index contributed by atoms with van der Waals surface area (Å²) in [6, 6.07) is 13.1. The highest BCUT2D eigenvalue weighted by Gasteiger charge is 2.35. The van der Waals surface area contributed by atoms with Crippen LogP contribution in [0.2, 0.25) is 0 Å². The highest BCUT2D eigenvalue weighted by Crippen LogP contribution is 2.33. The van der Waals surface area contributed by atoms with Gasteiger partial charge in [0.05, 0.1) is 6.42 Å². The van der Waals surface area contributed by atoms with E-state index in [0.29, 0.717) is 11.3 Å². The molecule has 0 unspecified atom stereocenters. The molecule has 0 radical (unpaired) electrons. The molecule has 0 fully saturated rings. The van der Waals surface area contributed by atoms with Crippen LogP contribution in [-0.4, -0.2) is 16.1 Å². The summed E-state index contributed by atoms with van der Waals surface area (Å²) < 4.78 is 37.4. The van der Waals surface area contributed by atoms with Crippen LogP contribution >= 0.6 is 11.3 Å². The number of alkyl halides is 3. The smallest absolute Gasteiger partial charge is 0.300 e. The maximum absolute atomic E-state index is 12.5. The predicted octanol–water partition coefficient (Wildman–Crippen LogP) is 3.89. The van der Waals surface area contributed by atoms with Gasteiger partial charge in [0, 0.05) is 0 Å². The Labute approximate surface area is 133 Å². The van der Waals surface area contributed by atoms with Crippen LogP contribution in [0.1, 0.15) is 10.6 Å². The number of aromatic nitrogens is 2. The molecule has 23 heavy (non-hydrogen) atoms. The van der Waals surface area contributed by atoms with Crippen molar-refractivity contribution in [2.75, 3.05) is 5.32 Å². The zero-order chi connectivity index (χ0) is 16.4. The second kappa shape index (κ2) is 5.96. The summed E-state index contributed by atoms with van der Waals surface area (Å²) in [6.45, 7) is 0. The lowest BCUT2D eigenvalue weighted by Gasteiger charge is -2.06. The van der Waals surface area contributed by atoms with Gasteiger partial charge in [0.25, 0.3) is 0 Å². The van der Waals surface area contributed by atoms with E-state index in [1.54, 1.807) is 0 Å². The third-order valence-electron chi connectivity index (χ3n) is 3.14. The molecule has 1 heterocycles. The lowest BCUT2D eigenvalue weighted by Crippen LogP contribution is -2.14. The summed E-state index contributed by atoms with van der Waals surface area (Å²) in [5.74, 6) is -0.439. The lowest BCUT2D eigenvalue weighted by molar-refractivity contribution is -0.138. The number of carbonyl (C=O) groups excluding carboxylic acids is 1. The third-order valence-corrected chi connectivity index (χ3v) is 4.03. The Kier molecular flexibility index (Phi) is 3.99. The second-order valence-corrected chi connectivity index (χ2v) is 5.75. The van der Waals surface area contributed by atoms with Crippen LogP contribution in [0.3, 0.4) is 0 Å². The monoisotopic (exact) mass is 337 g/mol. The van der Waals surface area contributed by atoms with Crippen LogP contribution in [-0.2, 0) is 17.4 Å². The number of carbonyl (C=O) groups is 1. The van der Waals surface area contributed by atoms with Crippen LogP contribution in [0.5, 0.6) is 0 Å². The van der Waals surface area contributed by atoms with Crippen molar-refractivity contribution in [2.24, 2.45) is 0 Å². The van der Waals surface area contributed by atoms with Gasteiger partial charge in [-0.2, -0.15) is 13.2 Å². The first-order valence-corrected chi connectivity index (χ1v) is 7.42. The Morgan fingerprint density at radius 2 is 1.83 bits per heavy atom. The minimum absolute atomic E-state index is 0.0439. The first-order chi connectivity index (χ1) is 10.9. The molecule has 2 aromatic carbocycles. The molecule has 0 bridgehead atoms. The van der Waals surface area contributed by atoms with E-state index in [1.165, 1.54) is 0 Å². The van der Waals surface area contributed by atoms with Gasteiger partial charge in [-0.15, -0.1) is 10.2 Å². The maximum Gasteiger partial charge on any atom is 0.445 e. The van der Waals surface area contributed by atoms with Gasteiger partial charge in [-0.1, -0.05) is 53.8 Å². The second-order valence-electron chi connectivity index (χ2n) is 4.77. The number of rotatable bonds is 3. The van der Waals surface area contributed by atoms with E-state index in [4.69, 9.17) is 0 Å². The van der Waals surface area contributed by atoms with Crippen LogP contribution in [0.4, 0.5) is 18.3 Å². The number of fused-ring (bicyclic) bond motifs is 1. The van der Waals surface area contributed by atoms with Crippen molar-refractivity contribution in [2.45, 2.75) is 12.6 Å². The molecule has 0 saturated heterocycles. The number of halogens is 3. The molecular formula is C15H10F3N3OS. The molecular weight excluding hydrogens is 327 g/mol. The van der Waals surface area contributed by atoms with Crippen LogP contribution in [0, 0.1) is 0 Å². The van der Waals surface area contributed by atoms with Gasteiger partial charge in [0.15, 0.2) is 0 Å². The van der Waals surface area contributed by atoms with Crippen molar-refractivity contribution in [3.8, 4) is 0 Å². The molecule has 0 aliphatic carbocycles. The fourth-order valence-electron chi connectivity index (χ4n) is 2.17. The van der Waals surface area contributed by atoms with E-state index in [1.807, 2.05) is 42.5 Å². The van der Waals surface area contributed by atoms with Crippen LogP contribution < -0.4 is 5.32 Å². The van der Waals surface area contributed by atoms with Crippen molar-refractivity contribution in [3.05, 3.63) is 53.0 Å². The van der Waals surface area contributed by atoms with Crippen molar-refractivity contribution < 1.29 is 18.0 Å². The van der Waals surface area contributed by atoms with Gasteiger partial charge < -0.3 is 5.32 Å². The van der Waals surface area contributed by atoms with Gasteiger partial charge in [-0.05, 0) is 16.3 Å². The molecule has 0 aliphatic heterocycles. The van der Waals surface area contributed by atoms with Gasteiger partial charge in [-0.3, -0.25) is 4.79 Å². The largest absolute Gasteiger partial charge is 0.445 e. The van der Waals surface area contributed by atoms with E-state index in [0.717, 1.165) is 16.3 Å². The van der Waals surface area contributed by atoms with E-state index in [9.17, 15) is 18.0 Å². The van der Waals surface area contributed by atoms with Gasteiger partial charge in [0.1, 0.15) is 0 Å². The first-order valence-electron chi connectivity index (χ1n) is 6.61. The molecule has 1 aromatic heterocycles. The summed E-state index contributed by atoms with van der Waals surface area (Å²) in [4.78, 5) is 12.0. The molecule has 118 valence electrons. The number of nitrogens with zero attached hydrogens (tertiary/aromatic N) is 2. The number of nitrogens with one attached hydrogen (secondary N) is 1. The first kappa shape index (κ1) is 15.4. The number of benzene rings is 2. The van der Waals surface area contributed by atoms with Crippen molar-refractivity contribution in [1.29, 1.82) is 0 Å². The highest BCUT2D eigenvalue weighted by molar-refractivity contribution is 7.15. The average molecular weight is 337 g/mol. The van der Waals surface area contributed by atoms with E-state index >= 15 is 0 Å². The normalized spacial score (nSPS) is 11.6. The van der Waals surface area contributed by atoms with E-state index < -0.39 is 17.1 Å². The molecule has 8 heteroatoms. The van der Waals surface area contributed by atoms with Gasteiger partial charge in [0.2, 0.25) is 16.0 Å². The lowest BCUT2D eigenvalue weighted by atomic mass is 10.0. The molecule has 4 nitrogen and oxygen atoms in total. The number of hydrogen-bond donors (Lipinski definition) is 1. The standard InChI is InChI=1S/C15H10F3N3OS/c16-15(17,18)13-20-21-14(23-13)19-12(22)8-10-6-3-5-9-4-1-2-7-11(9)10/h1-7H,8H2,(H,19,21,22). The number of hydrogen-bond acceptors (Lipinski definition) is 4. The SMILES string of the molecule is O=C(Cc1cccc2ccccc12)Nc1nnc(C(F)(F)F)s1. The average Bonchev–Trinajstić information content (AvgIpc) is 2.96. The van der Waals surface area contributed by atoms with Gasteiger partial charge in [-0.25, -0.2) is 0 Å². The molecule has 1 amide bonds. The quantitative estimate of drug-likeness (QED) is 0.789. The minimum Gasteiger partial charge on any atom is -0.300 e. The molecule has 3 rings (SSSR count). The molecule has 0 atom stereocenters. The Bertz CT molecular complexity index is 855. The van der Waals surface area contributed by atoms with Gasteiger partial charge >= 0.3 is 6.18 Å². The Hall–Kier alpha value is -2.48. The molecule has 0 spiro atoms. The summed E-state index contributed by atoms with van der Waals surface area (Å²) in [5, 5.41) is 9.40. The Balaban J connectivity index is 1.75. The molecule has 3 aromatic rings. The van der Waals surface area contributed by atoms with E-state index in [-0.39, 0.29) is 11.6 Å². The number of amides is 1. The predicted molar refractivity (Wildman–Crippen MR) is 81.2 cm³/mol. The number of anilines is 1. The maximum atomic E-state index is 12.5. The molecule has 0 saturated carbocycles. The summed E-state index contributed by atoms with van der Waals surface area (Å²) in [6.07, 6.45) is -4.52. The van der Waals surface area contributed by atoms with Crippen LogP contribution in [0.15, 0.2) is 42.5 Å². The van der Waals surface area contributed by atoms with Crippen molar-refractivity contribution >= 4 is 33.1 Å². The minimum atomic E-state index is -4.56. The van der Waals surface area contributed by atoms with E-state index in [2.05, 4.69) is 15.5 Å². The van der Waals surface area contributed by atoms with Crippen LogP contribution in [0.25, 0.3) is 10.8 Å². The highest BCUT2D eigenvalue weighted by atomic mass is 32.1. The summed E-state index contributed by atoms with van der Waals surface area (Å²) in [7, 11) is 0. The topological polar surface area (TPSA) is 54.9 Å². The molecule has 0 aliphatic rings. The Morgan fingerprint density at radius 1 is 1.09 bits per heavy atom. The zero-order valence-electron chi connectivity index (χ0n) is 11.6.